The van der Waals surface area contributed by atoms with Crippen molar-refractivity contribution in [2.24, 2.45) is 17.3 Å². The Labute approximate surface area is 188 Å². The molecule has 5 aliphatic rings. The van der Waals surface area contributed by atoms with Crippen molar-refractivity contribution in [2.75, 3.05) is 19.3 Å². The van der Waals surface area contributed by atoms with Gasteiger partial charge >= 0.3 is 0 Å². The number of hydrogen-bond donors (Lipinski definition) is 1. The molecular weight excluding hydrogens is 416 g/mol. The molecule has 2 aliphatic heterocycles. The number of furan rings is 1. The third-order valence-electron chi connectivity index (χ3n) is 9.68. The Morgan fingerprint density at radius 1 is 1.32 bits per heavy atom. The summed E-state index contributed by atoms with van der Waals surface area (Å²) in [4.78, 5) is 0. The van der Waals surface area contributed by atoms with Crippen LogP contribution < -0.4 is 4.74 Å². The fraction of sp³-hybridized carbons (Fsp3) is 0.833. The van der Waals surface area contributed by atoms with E-state index >= 15 is 0 Å². The van der Waals surface area contributed by atoms with Gasteiger partial charge in [0.2, 0.25) is 0 Å². The Balaban J connectivity index is 1.48. The van der Waals surface area contributed by atoms with Crippen molar-refractivity contribution in [3.8, 4) is 5.95 Å². The Kier molecular flexibility index (Phi) is 4.19. The number of methoxy groups -OCH3 is 1. The van der Waals surface area contributed by atoms with Crippen molar-refractivity contribution < 1.29 is 28.5 Å². The Morgan fingerprint density at radius 2 is 2.10 bits per heavy atom. The first-order valence-corrected chi connectivity index (χ1v) is 13.0. The molecule has 3 aliphatic carbocycles. The zero-order valence-corrected chi connectivity index (χ0v) is 20.1. The van der Waals surface area contributed by atoms with Gasteiger partial charge < -0.3 is 28.5 Å². The van der Waals surface area contributed by atoms with Crippen molar-refractivity contribution in [1.82, 2.24) is 0 Å². The van der Waals surface area contributed by atoms with Crippen LogP contribution >= 0.6 is 11.8 Å². The van der Waals surface area contributed by atoms with Gasteiger partial charge in [0.1, 0.15) is 17.3 Å². The van der Waals surface area contributed by atoms with Crippen LogP contribution in [-0.4, -0.2) is 59.5 Å². The van der Waals surface area contributed by atoms with Crippen LogP contribution in [0.25, 0.3) is 0 Å². The summed E-state index contributed by atoms with van der Waals surface area (Å²) in [5.74, 6) is 1.47. The van der Waals surface area contributed by atoms with Gasteiger partial charge in [-0.3, -0.25) is 0 Å². The minimum absolute atomic E-state index is 0.0204. The number of fused-ring (bicyclic) bond motifs is 3. The molecule has 1 aromatic heterocycles. The molecule has 0 amide bonds. The van der Waals surface area contributed by atoms with Gasteiger partial charge in [-0.1, -0.05) is 27.7 Å². The normalized spacial score (nSPS) is 51.3. The highest BCUT2D eigenvalue weighted by molar-refractivity contribution is 7.98. The fourth-order valence-corrected chi connectivity index (χ4v) is 8.37. The van der Waals surface area contributed by atoms with Crippen LogP contribution in [0.3, 0.4) is 0 Å². The number of hydrogen-bond acceptors (Lipinski definition) is 7. The summed E-state index contributed by atoms with van der Waals surface area (Å²) in [7, 11) is 1.67. The molecule has 9 atom stereocenters. The van der Waals surface area contributed by atoms with Crippen molar-refractivity contribution in [3.05, 3.63) is 17.4 Å². The van der Waals surface area contributed by atoms with E-state index in [0.29, 0.717) is 11.9 Å². The summed E-state index contributed by atoms with van der Waals surface area (Å²) in [5.41, 5.74) is 0.341. The summed E-state index contributed by atoms with van der Waals surface area (Å²) < 4.78 is 31.2. The molecule has 6 rings (SSSR count). The van der Waals surface area contributed by atoms with Crippen molar-refractivity contribution in [1.29, 1.82) is 0 Å². The van der Waals surface area contributed by atoms with Crippen molar-refractivity contribution in [2.45, 2.75) is 88.0 Å². The van der Waals surface area contributed by atoms with Gasteiger partial charge in [0.25, 0.3) is 5.95 Å². The quantitative estimate of drug-likeness (QED) is 0.541. The number of rotatable bonds is 5. The second kappa shape index (κ2) is 6.23. The van der Waals surface area contributed by atoms with E-state index in [9.17, 15) is 5.11 Å². The highest BCUT2D eigenvalue weighted by atomic mass is 32.2. The number of ether oxygens (including phenoxy) is 4. The molecule has 31 heavy (non-hydrogen) atoms. The lowest BCUT2D eigenvalue weighted by atomic mass is 9.45. The third kappa shape index (κ3) is 2.08. The summed E-state index contributed by atoms with van der Waals surface area (Å²) in [5, 5.41) is 12.1. The maximum absolute atomic E-state index is 12.1. The molecule has 1 aromatic rings. The smallest absolute Gasteiger partial charge is 0.287 e. The number of thioether (sulfide) groups is 1. The molecule has 0 aromatic carbocycles. The van der Waals surface area contributed by atoms with E-state index in [1.165, 1.54) is 11.1 Å². The molecule has 4 fully saturated rings. The average molecular weight is 451 g/mol. The van der Waals surface area contributed by atoms with Crippen LogP contribution in [0.4, 0.5) is 0 Å². The van der Waals surface area contributed by atoms with Crippen LogP contribution in [0.5, 0.6) is 5.95 Å². The molecular formula is C24H34O6S. The van der Waals surface area contributed by atoms with Crippen LogP contribution in [0.15, 0.2) is 10.7 Å². The van der Waals surface area contributed by atoms with Gasteiger partial charge in [0, 0.05) is 22.5 Å². The Bertz CT molecular complexity index is 916. The number of epoxide rings is 2. The molecule has 2 saturated heterocycles. The molecule has 2 spiro atoms. The highest BCUT2D eigenvalue weighted by Crippen LogP contribution is 2.81. The van der Waals surface area contributed by atoms with E-state index in [2.05, 4.69) is 27.7 Å². The minimum atomic E-state index is -0.989. The lowest BCUT2D eigenvalue weighted by Gasteiger charge is -2.58. The summed E-state index contributed by atoms with van der Waals surface area (Å²) in [6.07, 6.45) is 6.29. The highest BCUT2D eigenvalue weighted by Gasteiger charge is 2.96. The molecule has 7 heteroatoms. The van der Waals surface area contributed by atoms with E-state index in [-0.39, 0.29) is 35.4 Å². The standard InChI is InChI=1S/C24H34O6S/c1-12(2)22(25)13(3)18-24(30-18)21(4)8-7-14-15(10-27-19(14)26-5)16(21)9-17-23(24,29-17)20(22)28-11-31-6/h10,12-13,16-18,20,25H,7-9,11H2,1-6H3/t13-,16-,17-,18-,20+,21-,22-,23+,24+/m0/s1. The number of aliphatic hydroxyl groups is 1. The van der Waals surface area contributed by atoms with Gasteiger partial charge in [-0.15, -0.1) is 11.8 Å². The molecule has 3 heterocycles. The van der Waals surface area contributed by atoms with Crippen molar-refractivity contribution >= 4 is 11.8 Å². The topological polar surface area (TPSA) is 76.9 Å². The van der Waals surface area contributed by atoms with E-state index in [4.69, 9.17) is 23.4 Å². The molecule has 0 bridgehead atoms. The second-order valence-corrected chi connectivity index (χ2v) is 11.6. The van der Waals surface area contributed by atoms with Crippen LogP contribution in [0.1, 0.15) is 57.6 Å². The van der Waals surface area contributed by atoms with Gasteiger partial charge in [0.15, 0.2) is 5.60 Å². The first kappa shape index (κ1) is 20.8. The van der Waals surface area contributed by atoms with E-state index in [1.54, 1.807) is 18.9 Å². The minimum Gasteiger partial charge on any atom is -0.468 e. The summed E-state index contributed by atoms with van der Waals surface area (Å²) >= 11 is 1.64. The zero-order chi connectivity index (χ0) is 22.0. The monoisotopic (exact) mass is 450 g/mol. The fourth-order valence-electron chi connectivity index (χ4n) is 8.10. The van der Waals surface area contributed by atoms with Gasteiger partial charge in [-0.2, -0.15) is 0 Å². The molecule has 6 nitrogen and oxygen atoms in total. The lowest BCUT2D eigenvalue weighted by molar-refractivity contribution is -0.212. The molecule has 2 saturated carbocycles. The van der Waals surface area contributed by atoms with E-state index < -0.39 is 22.9 Å². The van der Waals surface area contributed by atoms with Crippen molar-refractivity contribution in [3.63, 3.8) is 0 Å². The largest absolute Gasteiger partial charge is 0.468 e. The van der Waals surface area contributed by atoms with Crippen LogP contribution in [0, 0.1) is 17.3 Å². The predicted molar refractivity (Wildman–Crippen MR) is 116 cm³/mol. The summed E-state index contributed by atoms with van der Waals surface area (Å²) in [6.45, 7) is 8.69. The average Bonchev–Trinajstić information content (AvgIpc) is 3.62. The maximum atomic E-state index is 12.1. The van der Waals surface area contributed by atoms with Gasteiger partial charge in [-0.25, -0.2) is 0 Å². The van der Waals surface area contributed by atoms with Crippen LogP contribution in [-0.2, 0) is 20.6 Å². The van der Waals surface area contributed by atoms with E-state index in [0.717, 1.165) is 19.3 Å². The second-order valence-electron chi connectivity index (χ2n) is 10.8. The SMILES string of the molecule is COc1occ2c1CC[C@@]1(C)[C@H]2C[C@@H]2O[C@@]23[C@H](OCSC)[C@](O)(C(C)C)[C@@H](C)[C@@H]2O[C@@]231. The van der Waals surface area contributed by atoms with Gasteiger partial charge in [0.05, 0.1) is 31.5 Å². The maximum Gasteiger partial charge on any atom is 0.287 e. The molecule has 0 unspecified atom stereocenters. The first-order valence-electron chi connectivity index (χ1n) is 11.6. The third-order valence-corrected chi connectivity index (χ3v) is 10.0. The van der Waals surface area contributed by atoms with Gasteiger partial charge in [-0.05, 0) is 37.4 Å². The predicted octanol–water partition coefficient (Wildman–Crippen LogP) is 3.75. The molecule has 172 valence electrons. The lowest BCUT2D eigenvalue weighted by Crippen LogP contribution is -2.74. The van der Waals surface area contributed by atoms with E-state index in [1.807, 2.05) is 12.5 Å². The van der Waals surface area contributed by atoms with Crippen LogP contribution in [0.2, 0.25) is 0 Å². The Hall–Kier alpha value is -0.730. The summed E-state index contributed by atoms with van der Waals surface area (Å²) in [6, 6.07) is 0. The zero-order valence-electron chi connectivity index (χ0n) is 19.3. The first-order chi connectivity index (χ1) is 14.7. The molecule has 0 radical (unpaired) electrons. The molecule has 1 N–H and O–H groups in total. The Morgan fingerprint density at radius 3 is 2.77 bits per heavy atom.